The van der Waals surface area contributed by atoms with Crippen molar-refractivity contribution in [3.8, 4) is 0 Å². The van der Waals surface area contributed by atoms with Crippen molar-refractivity contribution in [2.45, 2.75) is 71.8 Å². The average Bonchev–Trinajstić information content (AvgIpc) is 3.00. The molecule has 1 aromatic heterocycles. The van der Waals surface area contributed by atoms with Gasteiger partial charge in [0.1, 0.15) is 0 Å². The van der Waals surface area contributed by atoms with Crippen molar-refractivity contribution in [2.24, 2.45) is 17.8 Å². The van der Waals surface area contributed by atoms with Gasteiger partial charge in [-0.2, -0.15) is 0 Å². The molecule has 5 rings (SSSR count). The Morgan fingerprint density at radius 2 is 1.74 bits per heavy atom. The van der Waals surface area contributed by atoms with E-state index in [1.165, 1.54) is 42.4 Å². The summed E-state index contributed by atoms with van der Waals surface area (Å²) in [6, 6.07) is -0.339. The zero-order valence-corrected chi connectivity index (χ0v) is 18.1. The van der Waals surface area contributed by atoms with E-state index in [9.17, 15) is 9.59 Å². The van der Waals surface area contributed by atoms with Crippen LogP contribution in [-0.2, 0) is 4.79 Å². The van der Waals surface area contributed by atoms with Gasteiger partial charge in [0.05, 0.1) is 5.25 Å². The second kappa shape index (κ2) is 7.91. The predicted molar refractivity (Wildman–Crippen MR) is 109 cm³/mol. The fourth-order valence-corrected chi connectivity index (χ4v) is 8.44. The van der Waals surface area contributed by atoms with Crippen molar-refractivity contribution in [3.63, 3.8) is 0 Å². The minimum absolute atomic E-state index is 0.0823. The lowest BCUT2D eigenvalue weighted by Crippen LogP contribution is -2.62. The molecule has 1 aromatic rings. The van der Waals surface area contributed by atoms with Crippen molar-refractivity contribution < 1.29 is 9.59 Å². The fourth-order valence-electron chi connectivity index (χ4n) is 5.38. The number of nitrogens with zero attached hydrogens (tertiary/aromatic N) is 2. The first-order valence-corrected chi connectivity index (χ1v) is 12.4. The number of urea groups is 1. The zero-order chi connectivity index (χ0) is 19.0. The first-order valence-electron chi connectivity index (χ1n) is 9.70. The van der Waals surface area contributed by atoms with E-state index < -0.39 is 0 Å². The van der Waals surface area contributed by atoms with Crippen molar-refractivity contribution >= 4 is 46.8 Å². The quantitative estimate of drug-likeness (QED) is 0.671. The SMILES string of the molecule is CCSc1nnc(SC(C)C(=O)NC(=O)NC23CC4CC(CC(C4)C2)C3)s1. The van der Waals surface area contributed by atoms with E-state index in [0.717, 1.165) is 51.4 Å². The smallest absolute Gasteiger partial charge is 0.321 e. The number of imide groups is 1. The molecule has 0 saturated heterocycles. The molecule has 2 N–H and O–H groups in total. The van der Waals surface area contributed by atoms with E-state index in [-0.39, 0.29) is 22.7 Å². The largest absolute Gasteiger partial charge is 0.332 e. The molecule has 0 spiro atoms. The second-order valence-electron chi connectivity index (χ2n) is 8.17. The molecule has 1 unspecified atom stereocenters. The number of hydrogen-bond donors (Lipinski definition) is 2. The molecule has 4 fully saturated rings. The van der Waals surface area contributed by atoms with Crippen LogP contribution in [0.4, 0.5) is 4.79 Å². The average molecular weight is 427 g/mol. The van der Waals surface area contributed by atoms with E-state index >= 15 is 0 Å². The molecular weight excluding hydrogens is 400 g/mol. The number of rotatable bonds is 6. The molecule has 0 radical (unpaired) electrons. The Morgan fingerprint density at radius 3 is 2.33 bits per heavy atom. The van der Waals surface area contributed by atoms with Crippen LogP contribution in [0.25, 0.3) is 0 Å². The summed E-state index contributed by atoms with van der Waals surface area (Å²) in [5, 5.41) is 13.6. The minimum atomic E-state index is -0.389. The fraction of sp³-hybridized carbons (Fsp3) is 0.778. The molecule has 4 aliphatic carbocycles. The number of amides is 3. The highest BCUT2D eigenvalue weighted by molar-refractivity contribution is 8.03. The van der Waals surface area contributed by atoms with Crippen molar-refractivity contribution in [3.05, 3.63) is 0 Å². The monoisotopic (exact) mass is 426 g/mol. The first-order chi connectivity index (χ1) is 12.9. The number of hydrogen-bond acceptors (Lipinski definition) is 7. The summed E-state index contributed by atoms with van der Waals surface area (Å²) in [4.78, 5) is 24.9. The van der Waals surface area contributed by atoms with Crippen molar-refractivity contribution in [2.75, 3.05) is 5.75 Å². The Balaban J connectivity index is 1.29. The number of carbonyl (C=O) groups excluding carboxylic acids is 2. The van der Waals surface area contributed by atoms with Crippen molar-refractivity contribution in [1.29, 1.82) is 0 Å². The summed E-state index contributed by atoms with van der Waals surface area (Å²) in [6.45, 7) is 3.86. The lowest BCUT2D eigenvalue weighted by molar-refractivity contribution is -0.119. The summed E-state index contributed by atoms with van der Waals surface area (Å²) in [5.41, 5.74) is -0.0823. The third kappa shape index (κ3) is 4.45. The van der Waals surface area contributed by atoms with Crippen LogP contribution in [0, 0.1) is 17.8 Å². The molecule has 1 heterocycles. The Labute approximate surface area is 172 Å². The van der Waals surface area contributed by atoms with E-state index in [1.807, 2.05) is 0 Å². The van der Waals surface area contributed by atoms with Crippen LogP contribution in [0.5, 0.6) is 0 Å². The Bertz CT molecular complexity index is 688. The maximum atomic E-state index is 12.5. The molecule has 0 aliphatic heterocycles. The molecule has 27 heavy (non-hydrogen) atoms. The maximum Gasteiger partial charge on any atom is 0.321 e. The summed E-state index contributed by atoms with van der Waals surface area (Å²) in [5.74, 6) is 2.94. The van der Waals surface area contributed by atoms with Gasteiger partial charge in [0.25, 0.3) is 0 Å². The molecular formula is C18H26N4O2S3. The third-order valence-electron chi connectivity index (χ3n) is 5.96. The Hall–Kier alpha value is -0.800. The van der Waals surface area contributed by atoms with E-state index in [2.05, 4.69) is 27.8 Å². The topological polar surface area (TPSA) is 84.0 Å². The van der Waals surface area contributed by atoms with Gasteiger partial charge in [0.2, 0.25) is 5.91 Å². The van der Waals surface area contributed by atoms with Crippen LogP contribution in [0.1, 0.15) is 52.4 Å². The van der Waals surface area contributed by atoms with Gasteiger partial charge in [0, 0.05) is 5.54 Å². The number of aromatic nitrogens is 2. The summed E-state index contributed by atoms with van der Waals surface area (Å²) in [6.07, 6.45) is 7.22. The highest BCUT2D eigenvalue weighted by Crippen LogP contribution is 2.55. The molecule has 9 heteroatoms. The van der Waals surface area contributed by atoms with E-state index in [4.69, 9.17) is 0 Å². The normalized spacial score (nSPS) is 32.3. The van der Waals surface area contributed by atoms with Crippen LogP contribution in [0.3, 0.4) is 0 Å². The Kier molecular flexibility index (Phi) is 5.72. The van der Waals surface area contributed by atoms with Gasteiger partial charge in [-0.1, -0.05) is 41.8 Å². The highest BCUT2D eigenvalue weighted by Gasteiger charge is 2.51. The molecule has 4 bridgehead atoms. The molecule has 6 nitrogen and oxygen atoms in total. The second-order valence-corrected chi connectivity index (χ2v) is 12.2. The summed E-state index contributed by atoms with van der Waals surface area (Å²) >= 11 is 4.48. The van der Waals surface area contributed by atoms with Crippen molar-refractivity contribution in [1.82, 2.24) is 20.8 Å². The molecule has 1 atom stereocenters. The number of thioether (sulfide) groups is 2. The summed E-state index contributed by atoms with van der Waals surface area (Å²) < 4.78 is 1.67. The van der Waals surface area contributed by atoms with Gasteiger partial charge in [-0.15, -0.1) is 10.2 Å². The van der Waals surface area contributed by atoms with Crippen LogP contribution in [0.15, 0.2) is 8.68 Å². The molecule has 148 valence electrons. The van der Waals surface area contributed by atoms with Gasteiger partial charge >= 0.3 is 6.03 Å². The van der Waals surface area contributed by atoms with Crippen LogP contribution in [0.2, 0.25) is 0 Å². The van der Waals surface area contributed by atoms with Gasteiger partial charge in [-0.3, -0.25) is 10.1 Å². The minimum Gasteiger partial charge on any atom is -0.332 e. The maximum absolute atomic E-state index is 12.5. The lowest BCUT2D eigenvalue weighted by Gasteiger charge is -2.56. The Morgan fingerprint density at radius 1 is 1.15 bits per heavy atom. The summed E-state index contributed by atoms with van der Waals surface area (Å²) in [7, 11) is 0. The van der Waals surface area contributed by atoms with Gasteiger partial charge in [-0.05, 0) is 69.0 Å². The van der Waals surface area contributed by atoms with Crippen LogP contribution < -0.4 is 10.6 Å². The predicted octanol–water partition coefficient (Wildman–Crippen LogP) is 3.93. The highest BCUT2D eigenvalue weighted by atomic mass is 32.2. The lowest BCUT2D eigenvalue weighted by atomic mass is 9.53. The molecule has 3 amide bonds. The van der Waals surface area contributed by atoms with E-state index in [0.29, 0.717) is 0 Å². The first kappa shape index (κ1) is 19.5. The van der Waals surface area contributed by atoms with Gasteiger partial charge < -0.3 is 5.32 Å². The molecule has 4 aliphatic rings. The zero-order valence-electron chi connectivity index (χ0n) is 15.7. The van der Waals surface area contributed by atoms with Crippen LogP contribution in [-0.4, -0.2) is 38.7 Å². The van der Waals surface area contributed by atoms with E-state index in [1.54, 1.807) is 18.7 Å². The van der Waals surface area contributed by atoms with Gasteiger partial charge in [-0.25, -0.2) is 4.79 Å². The number of nitrogens with one attached hydrogen (secondary N) is 2. The standard InChI is InChI=1S/C18H26N4O2S3/c1-3-25-16-21-22-17(27-16)26-10(2)14(23)19-15(24)20-18-7-11-4-12(8-18)6-13(5-11)9-18/h10-13H,3-9H2,1-2H3,(H2,19,20,23,24). The molecule has 4 saturated carbocycles. The van der Waals surface area contributed by atoms with Crippen LogP contribution >= 0.6 is 34.9 Å². The number of carbonyl (C=O) groups is 2. The molecule has 0 aromatic carbocycles. The van der Waals surface area contributed by atoms with Gasteiger partial charge in [0.15, 0.2) is 8.68 Å². The third-order valence-corrected chi connectivity index (χ3v) is 9.08.